The van der Waals surface area contributed by atoms with Crippen molar-refractivity contribution < 1.29 is 24.5 Å². The molecule has 1 heterocycles. The summed E-state index contributed by atoms with van der Waals surface area (Å²) in [5.41, 5.74) is -2.69. The third kappa shape index (κ3) is 1.67. The van der Waals surface area contributed by atoms with E-state index < -0.39 is 17.3 Å². The van der Waals surface area contributed by atoms with Gasteiger partial charge in [-0.15, -0.1) is 0 Å². The van der Waals surface area contributed by atoms with Gasteiger partial charge in [-0.25, -0.2) is 9.78 Å². The number of aliphatic hydroxyl groups is 1. The molecule has 6 saturated carbocycles. The lowest BCUT2D eigenvalue weighted by molar-refractivity contribution is -0.431. The summed E-state index contributed by atoms with van der Waals surface area (Å²) in [4.78, 5) is 37.8. The van der Waals surface area contributed by atoms with Gasteiger partial charge in [0, 0.05) is 18.8 Å². The van der Waals surface area contributed by atoms with Crippen LogP contribution in [0.25, 0.3) is 0 Å². The maximum absolute atomic E-state index is 13.2. The molecule has 0 amide bonds. The van der Waals surface area contributed by atoms with E-state index in [4.69, 9.17) is 9.78 Å². The first-order valence-electron chi connectivity index (χ1n) is 9.67. The van der Waals surface area contributed by atoms with E-state index in [1.165, 1.54) is 0 Å². The molecule has 1 spiro atoms. The van der Waals surface area contributed by atoms with Gasteiger partial charge in [-0.2, -0.15) is 0 Å². The molecule has 1 aliphatic heterocycles. The molecule has 138 valence electrons. The third-order valence-corrected chi connectivity index (χ3v) is 9.08. The maximum atomic E-state index is 13.2. The van der Waals surface area contributed by atoms with E-state index in [1.54, 1.807) is 0 Å². The van der Waals surface area contributed by atoms with Crippen LogP contribution in [0.5, 0.6) is 0 Å². The summed E-state index contributed by atoms with van der Waals surface area (Å²) in [6, 6.07) is 0. The van der Waals surface area contributed by atoms with Crippen molar-refractivity contribution in [1.82, 2.24) is 0 Å². The Balaban J connectivity index is 1.54. The molecule has 0 radical (unpaired) electrons. The number of ketones is 2. The van der Waals surface area contributed by atoms with Gasteiger partial charge in [0.2, 0.25) is 0 Å². The Bertz CT molecular complexity index is 682. The molecule has 7 atom stereocenters. The molecule has 1 saturated heterocycles. The average molecular weight is 348 g/mol. The summed E-state index contributed by atoms with van der Waals surface area (Å²) >= 11 is 0. The predicted molar refractivity (Wildman–Crippen MR) is 88.3 cm³/mol. The molecule has 5 nitrogen and oxygen atoms in total. The number of fused-ring (bicyclic) bond motifs is 1. The lowest BCUT2D eigenvalue weighted by Gasteiger charge is -2.63. The minimum Gasteiger partial charge on any atom is -0.379 e. The Kier molecular flexibility index (Phi) is 2.87. The van der Waals surface area contributed by atoms with Gasteiger partial charge in [0.25, 0.3) is 0 Å². The first kappa shape index (κ1) is 16.4. The van der Waals surface area contributed by atoms with Crippen LogP contribution < -0.4 is 0 Å². The molecule has 1 N–H and O–H groups in total. The highest BCUT2D eigenvalue weighted by atomic mass is 17.2. The number of carbonyl (C=O) groups excluding carboxylic acids is 2. The SMILES string of the molecule is CC1(C)[C@H]2C[C@@H]1[C@@H]1OO[C@@]3(CC(=O)[C@]1(O)C2)C(=O)C[C@H]1C[C@@H]3C1(C)C. The van der Waals surface area contributed by atoms with Crippen molar-refractivity contribution >= 4 is 11.6 Å². The zero-order valence-electron chi connectivity index (χ0n) is 15.5. The minimum absolute atomic E-state index is 0.0121. The summed E-state index contributed by atoms with van der Waals surface area (Å²) in [7, 11) is 0. The van der Waals surface area contributed by atoms with Gasteiger partial charge in [0.1, 0.15) is 6.10 Å². The first-order chi connectivity index (χ1) is 11.5. The van der Waals surface area contributed by atoms with E-state index in [0.717, 1.165) is 12.8 Å². The molecule has 7 aliphatic rings. The van der Waals surface area contributed by atoms with Crippen LogP contribution in [0.15, 0.2) is 0 Å². The van der Waals surface area contributed by atoms with Crippen molar-refractivity contribution in [2.24, 2.45) is 34.5 Å². The molecule has 5 heteroatoms. The maximum Gasteiger partial charge on any atom is 0.172 e. The monoisotopic (exact) mass is 348 g/mol. The summed E-state index contributed by atoms with van der Waals surface area (Å²) in [5, 5.41) is 11.2. The van der Waals surface area contributed by atoms with Crippen LogP contribution in [0, 0.1) is 34.5 Å². The van der Waals surface area contributed by atoms with Crippen molar-refractivity contribution in [3.05, 3.63) is 0 Å². The molecule has 7 fully saturated rings. The van der Waals surface area contributed by atoms with E-state index in [9.17, 15) is 14.7 Å². The number of hydrogen-bond donors (Lipinski definition) is 1. The Labute approximate surface area is 148 Å². The standard InChI is InChI=1S/C20H28O5/c1-17(2)11-5-12(17)16-19(23,8-11)15(22)9-20(25-24-16)13-6-10(7-14(20)21)18(13,3)4/h10-13,16,23H,5-9H2,1-4H3/t10-,11+,12-,13-,16+,19-,20-/m1/s1. The smallest absolute Gasteiger partial charge is 0.172 e. The van der Waals surface area contributed by atoms with Gasteiger partial charge >= 0.3 is 0 Å². The lowest BCUT2D eigenvalue weighted by atomic mass is 9.42. The summed E-state index contributed by atoms with van der Waals surface area (Å²) in [6.45, 7) is 8.65. The molecule has 7 rings (SSSR count). The van der Waals surface area contributed by atoms with E-state index in [-0.39, 0.29) is 40.7 Å². The van der Waals surface area contributed by atoms with Gasteiger partial charge < -0.3 is 5.11 Å². The summed E-state index contributed by atoms with van der Waals surface area (Å²) < 4.78 is 0. The van der Waals surface area contributed by atoms with Crippen LogP contribution in [0.2, 0.25) is 0 Å². The molecule has 0 unspecified atom stereocenters. The minimum atomic E-state index is -1.50. The topological polar surface area (TPSA) is 72.8 Å². The van der Waals surface area contributed by atoms with Gasteiger partial charge in [-0.1, -0.05) is 27.7 Å². The second-order valence-electron chi connectivity index (χ2n) is 10.5. The van der Waals surface area contributed by atoms with Crippen LogP contribution in [-0.2, 0) is 19.4 Å². The molecular formula is C20H28O5. The Morgan fingerprint density at radius 2 is 1.72 bits per heavy atom. The zero-order valence-corrected chi connectivity index (χ0v) is 15.5. The van der Waals surface area contributed by atoms with Gasteiger partial charge in [0.05, 0.1) is 0 Å². The van der Waals surface area contributed by atoms with E-state index in [2.05, 4.69) is 27.7 Å². The fourth-order valence-electron chi connectivity index (χ4n) is 6.79. The van der Waals surface area contributed by atoms with E-state index in [0.29, 0.717) is 24.7 Å². The lowest BCUT2D eigenvalue weighted by Crippen LogP contribution is -2.69. The summed E-state index contributed by atoms with van der Waals surface area (Å²) in [6.07, 6.45) is 2.02. The van der Waals surface area contributed by atoms with Crippen molar-refractivity contribution in [2.75, 3.05) is 0 Å². The Morgan fingerprint density at radius 1 is 1.00 bits per heavy atom. The number of carbonyl (C=O) groups is 2. The van der Waals surface area contributed by atoms with E-state index >= 15 is 0 Å². The average Bonchev–Trinajstić information content (AvgIpc) is 2.65. The van der Waals surface area contributed by atoms with Gasteiger partial charge in [-0.3, -0.25) is 9.59 Å². The highest BCUT2D eigenvalue weighted by Crippen LogP contribution is 2.67. The highest BCUT2D eigenvalue weighted by Gasteiger charge is 2.73. The number of rotatable bonds is 0. The largest absolute Gasteiger partial charge is 0.379 e. The normalized spacial score (nSPS) is 55.0. The molecule has 0 aromatic carbocycles. The van der Waals surface area contributed by atoms with Gasteiger partial charge in [0.15, 0.2) is 22.8 Å². The van der Waals surface area contributed by atoms with Crippen molar-refractivity contribution in [2.45, 2.75) is 77.1 Å². The first-order valence-corrected chi connectivity index (χ1v) is 9.67. The molecule has 0 aromatic rings. The zero-order chi connectivity index (χ0) is 18.0. The molecule has 4 bridgehead atoms. The van der Waals surface area contributed by atoms with Crippen LogP contribution in [0.4, 0.5) is 0 Å². The number of Topliss-reactive ketones (excluding diaryl/α,β-unsaturated/α-hetero) is 2. The molecular weight excluding hydrogens is 320 g/mol. The van der Waals surface area contributed by atoms with E-state index in [1.807, 2.05) is 0 Å². The number of hydrogen-bond acceptors (Lipinski definition) is 5. The van der Waals surface area contributed by atoms with Crippen LogP contribution >= 0.6 is 0 Å². The highest BCUT2D eigenvalue weighted by molar-refractivity contribution is 5.98. The Hall–Kier alpha value is -0.780. The van der Waals surface area contributed by atoms with Crippen molar-refractivity contribution in [3.8, 4) is 0 Å². The fourth-order valence-corrected chi connectivity index (χ4v) is 6.79. The molecule has 6 aliphatic carbocycles. The summed E-state index contributed by atoms with van der Waals surface area (Å²) in [5.74, 6) is 0.504. The van der Waals surface area contributed by atoms with Gasteiger partial charge in [-0.05, 0) is 47.8 Å². The van der Waals surface area contributed by atoms with Crippen LogP contribution in [0.3, 0.4) is 0 Å². The predicted octanol–water partition coefficient (Wildman–Crippen LogP) is 2.45. The van der Waals surface area contributed by atoms with Crippen molar-refractivity contribution in [3.63, 3.8) is 0 Å². The molecule has 25 heavy (non-hydrogen) atoms. The van der Waals surface area contributed by atoms with Crippen LogP contribution in [-0.4, -0.2) is 34.0 Å². The third-order valence-electron chi connectivity index (χ3n) is 9.08. The quantitative estimate of drug-likeness (QED) is 0.681. The Morgan fingerprint density at radius 3 is 2.36 bits per heavy atom. The van der Waals surface area contributed by atoms with Crippen molar-refractivity contribution in [1.29, 1.82) is 0 Å². The second-order valence-corrected chi connectivity index (χ2v) is 10.5. The second kappa shape index (κ2) is 4.37. The molecule has 0 aromatic heterocycles. The fraction of sp³-hybridized carbons (Fsp3) is 0.900. The van der Waals surface area contributed by atoms with Crippen LogP contribution in [0.1, 0.15) is 59.8 Å².